The number of hydrogen-bond donors (Lipinski definition) is 1. The maximum absolute atomic E-state index is 12.5. The van der Waals surface area contributed by atoms with Crippen molar-refractivity contribution >= 4 is 33.2 Å². The first-order valence-corrected chi connectivity index (χ1v) is 10.9. The van der Waals surface area contributed by atoms with Crippen LogP contribution in [0.2, 0.25) is 5.02 Å². The molecule has 1 aliphatic rings. The molecule has 5 nitrogen and oxygen atoms in total. The van der Waals surface area contributed by atoms with Crippen LogP contribution in [0.4, 0.5) is 5.69 Å². The van der Waals surface area contributed by atoms with Crippen molar-refractivity contribution < 1.29 is 13.2 Å². The molecule has 2 aromatic carbocycles. The molecule has 3 rings (SSSR count). The fraction of sp³-hybridized carbons (Fsp3) is 0.350. The molecule has 0 atom stereocenters. The molecular formula is C20H23ClN2O3S. The number of anilines is 1. The fourth-order valence-electron chi connectivity index (χ4n) is 3.21. The molecule has 1 N–H and O–H groups in total. The largest absolute Gasteiger partial charge is 0.338 e. The molecule has 1 heterocycles. The van der Waals surface area contributed by atoms with E-state index in [2.05, 4.69) is 4.72 Å². The Morgan fingerprint density at radius 2 is 1.93 bits per heavy atom. The van der Waals surface area contributed by atoms with E-state index in [0.29, 0.717) is 29.4 Å². The van der Waals surface area contributed by atoms with Gasteiger partial charge in [0.05, 0.1) is 5.75 Å². The molecule has 0 bridgehead atoms. The first-order valence-electron chi connectivity index (χ1n) is 8.89. The highest BCUT2D eigenvalue weighted by Crippen LogP contribution is 2.25. The average molecular weight is 407 g/mol. The van der Waals surface area contributed by atoms with E-state index in [1.54, 1.807) is 30.3 Å². The summed E-state index contributed by atoms with van der Waals surface area (Å²) in [4.78, 5) is 14.1. The molecule has 0 spiro atoms. The molecule has 0 saturated heterocycles. The Bertz CT molecular complexity index is 957. The van der Waals surface area contributed by atoms with E-state index < -0.39 is 10.0 Å². The van der Waals surface area contributed by atoms with Crippen molar-refractivity contribution in [3.8, 4) is 0 Å². The zero-order valence-corrected chi connectivity index (χ0v) is 17.0. The summed E-state index contributed by atoms with van der Waals surface area (Å²) in [6, 6.07) is 12.4. The molecule has 2 aromatic rings. The van der Waals surface area contributed by atoms with E-state index in [1.165, 1.54) is 0 Å². The fourth-order valence-corrected chi connectivity index (χ4v) is 4.71. The van der Waals surface area contributed by atoms with E-state index in [4.69, 9.17) is 11.6 Å². The molecule has 0 aliphatic carbocycles. The smallest absolute Gasteiger partial charge is 0.236 e. The Labute approximate surface area is 165 Å². The number of fused-ring (bicyclic) bond motifs is 1. The highest BCUT2D eigenvalue weighted by Gasteiger charge is 2.23. The summed E-state index contributed by atoms with van der Waals surface area (Å²) in [6.45, 7) is 4.97. The molecule has 0 fully saturated rings. The van der Waals surface area contributed by atoms with Crippen LogP contribution in [0.3, 0.4) is 0 Å². The van der Waals surface area contributed by atoms with Gasteiger partial charge in [-0.2, -0.15) is 0 Å². The van der Waals surface area contributed by atoms with Gasteiger partial charge >= 0.3 is 0 Å². The molecule has 0 aromatic heterocycles. The Morgan fingerprint density at radius 1 is 1.19 bits per heavy atom. The molecule has 0 saturated carbocycles. The first-order chi connectivity index (χ1) is 12.7. The summed E-state index contributed by atoms with van der Waals surface area (Å²) in [5.74, 6) is -0.129. The van der Waals surface area contributed by atoms with Crippen LogP contribution in [0, 0.1) is 5.92 Å². The van der Waals surface area contributed by atoms with Gasteiger partial charge in [0.25, 0.3) is 0 Å². The summed E-state index contributed by atoms with van der Waals surface area (Å²) < 4.78 is 27.7. The summed E-state index contributed by atoms with van der Waals surface area (Å²) in [6.07, 6.45) is 0.778. The number of carbonyl (C=O) groups is 1. The maximum atomic E-state index is 12.5. The summed E-state index contributed by atoms with van der Waals surface area (Å²) >= 11 is 6.07. The second-order valence-electron chi connectivity index (χ2n) is 7.10. The van der Waals surface area contributed by atoms with E-state index in [-0.39, 0.29) is 17.6 Å². The minimum absolute atomic E-state index is 0.0520. The molecule has 27 heavy (non-hydrogen) atoms. The van der Waals surface area contributed by atoms with Crippen molar-refractivity contribution in [2.75, 3.05) is 11.3 Å². The van der Waals surface area contributed by atoms with Gasteiger partial charge in [0, 0.05) is 29.7 Å². The van der Waals surface area contributed by atoms with Crippen LogP contribution < -0.4 is 4.72 Å². The summed E-state index contributed by atoms with van der Waals surface area (Å²) in [7, 11) is -3.60. The van der Waals surface area contributed by atoms with Crippen molar-refractivity contribution in [1.82, 2.24) is 4.90 Å². The molecule has 7 heteroatoms. The Kier molecular flexibility index (Phi) is 5.77. The van der Waals surface area contributed by atoms with E-state index in [1.807, 2.05) is 30.9 Å². The van der Waals surface area contributed by atoms with Crippen LogP contribution in [-0.2, 0) is 33.5 Å². The highest BCUT2D eigenvalue weighted by atomic mass is 35.5. The molecule has 144 valence electrons. The van der Waals surface area contributed by atoms with Gasteiger partial charge in [0.1, 0.15) is 0 Å². The first kappa shape index (κ1) is 19.7. The Morgan fingerprint density at radius 3 is 2.63 bits per heavy atom. The van der Waals surface area contributed by atoms with Crippen molar-refractivity contribution in [2.45, 2.75) is 32.6 Å². The third-order valence-corrected chi connectivity index (χ3v) is 6.21. The van der Waals surface area contributed by atoms with E-state index in [0.717, 1.165) is 17.5 Å². The Hall–Kier alpha value is -2.05. The van der Waals surface area contributed by atoms with Gasteiger partial charge in [-0.3, -0.25) is 9.52 Å². The number of nitrogens with zero attached hydrogens (tertiary/aromatic N) is 1. The number of carbonyl (C=O) groups excluding carboxylic acids is 1. The topological polar surface area (TPSA) is 66.5 Å². The number of nitrogens with one attached hydrogen (secondary N) is 1. The predicted molar refractivity (Wildman–Crippen MR) is 108 cm³/mol. The number of halogens is 1. The Balaban J connectivity index is 1.76. The minimum Gasteiger partial charge on any atom is -0.338 e. The summed E-state index contributed by atoms with van der Waals surface area (Å²) in [5.41, 5.74) is 3.18. The van der Waals surface area contributed by atoms with Gasteiger partial charge in [-0.05, 0) is 41.3 Å². The van der Waals surface area contributed by atoms with Gasteiger partial charge in [-0.1, -0.05) is 49.7 Å². The van der Waals surface area contributed by atoms with Crippen molar-refractivity contribution in [2.24, 2.45) is 5.92 Å². The summed E-state index contributed by atoms with van der Waals surface area (Å²) in [5, 5.41) is 0.427. The number of rotatable bonds is 5. The van der Waals surface area contributed by atoms with Crippen molar-refractivity contribution in [3.05, 3.63) is 64.2 Å². The highest BCUT2D eigenvalue weighted by molar-refractivity contribution is 7.91. The number of benzene rings is 2. The molecule has 0 unspecified atom stereocenters. The standard InChI is InChI=1S/C20H23ClN2O3S/c1-14(2)20(24)23-10-9-15-7-8-18(11-17(15)12-23)22-27(25,26)13-16-5-3-4-6-19(16)21/h3-8,11,14,22H,9-10,12-13H2,1-2H3. The lowest BCUT2D eigenvalue weighted by Crippen LogP contribution is -2.38. The van der Waals surface area contributed by atoms with Gasteiger partial charge in [-0.15, -0.1) is 0 Å². The third-order valence-electron chi connectivity index (χ3n) is 4.60. The van der Waals surface area contributed by atoms with Crippen LogP contribution in [0.5, 0.6) is 0 Å². The zero-order valence-electron chi connectivity index (χ0n) is 15.4. The number of sulfonamides is 1. The SMILES string of the molecule is CC(C)C(=O)N1CCc2ccc(NS(=O)(=O)Cc3ccccc3Cl)cc2C1. The average Bonchev–Trinajstić information content (AvgIpc) is 2.61. The van der Waals surface area contributed by atoms with Crippen LogP contribution in [0.1, 0.15) is 30.5 Å². The molecule has 1 aliphatic heterocycles. The third kappa shape index (κ3) is 4.82. The number of amides is 1. The zero-order chi connectivity index (χ0) is 19.6. The van der Waals surface area contributed by atoms with Crippen LogP contribution in [-0.4, -0.2) is 25.8 Å². The number of hydrogen-bond acceptors (Lipinski definition) is 3. The van der Waals surface area contributed by atoms with E-state index >= 15 is 0 Å². The van der Waals surface area contributed by atoms with Crippen LogP contribution in [0.15, 0.2) is 42.5 Å². The van der Waals surface area contributed by atoms with E-state index in [9.17, 15) is 13.2 Å². The van der Waals surface area contributed by atoms with Crippen molar-refractivity contribution in [1.29, 1.82) is 0 Å². The minimum atomic E-state index is -3.60. The lowest BCUT2D eigenvalue weighted by Gasteiger charge is -2.30. The van der Waals surface area contributed by atoms with Gasteiger partial charge < -0.3 is 4.90 Å². The normalized spacial score (nSPS) is 14.1. The predicted octanol–water partition coefficient (Wildman–Crippen LogP) is 3.82. The monoisotopic (exact) mass is 406 g/mol. The van der Waals surface area contributed by atoms with Crippen LogP contribution in [0.25, 0.3) is 0 Å². The molecular weight excluding hydrogens is 384 g/mol. The maximum Gasteiger partial charge on any atom is 0.236 e. The van der Waals surface area contributed by atoms with Gasteiger partial charge in [0.2, 0.25) is 15.9 Å². The second kappa shape index (κ2) is 7.90. The lowest BCUT2D eigenvalue weighted by molar-refractivity contribution is -0.135. The molecule has 1 amide bonds. The molecule has 0 radical (unpaired) electrons. The quantitative estimate of drug-likeness (QED) is 0.820. The van der Waals surface area contributed by atoms with Crippen molar-refractivity contribution in [3.63, 3.8) is 0 Å². The van der Waals surface area contributed by atoms with Gasteiger partial charge in [-0.25, -0.2) is 8.42 Å². The van der Waals surface area contributed by atoms with Crippen LogP contribution >= 0.6 is 11.6 Å². The van der Waals surface area contributed by atoms with Gasteiger partial charge in [0.15, 0.2) is 0 Å². The second-order valence-corrected chi connectivity index (χ2v) is 9.23. The lowest BCUT2D eigenvalue weighted by atomic mass is 9.98.